The number of carbonyl (C=O) groups excluding carboxylic acids is 1. The first-order chi connectivity index (χ1) is 5.36. The highest BCUT2D eigenvalue weighted by molar-refractivity contribution is 5.44. The number of hydrazine groups is 1. The second-order valence-corrected chi connectivity index (χ2v) is 2.84. The standard InChI is InChI=1S/C7H13N2O2/c10-5-7-1-3-9(4-2-7)8-6-11/h6-7H,1-5H2,(H,8,11). The third-order valence-corrected chi connectivity index (χ3v) is 2.09. The second-order valence-electron chi connectivity index (χ2n) is 2.84. The molecule has 0 aromatic rings. The van der Waals surface area contributed by atoms with E-state index in [-0.39, 0.29) is 6.61 Å². The Bertz CT molecular complexity index is 122. The molecule has 0 saturated carbocycles. The number of carbonyl (C=O) groups is 1. The van der Waals surface area contributed by atoms with E-state index in [4.69, 9.17) is 0 Å². The summed E-state index contributed by atoms with van der Waals surface area (Å²) in [6.07, 6.45) is 2.49. The fraction of sp³-hybridized carbons (Fsp3) is 0.857. The molecule has 0 aromatic heterocycles. The highest BCUT2D eigenvalue weighted by atomic mass is 16.3. The van der Waals surface area contributed by atoms with Crippen molar-refractivity contribution in [1.82, 2.24) is 10.4 Å². The first kappa shape index (κ1) is 8.49. The Balaban J connectivity index is 2.18. The molecule has 1 N–H and O–H groups in total. The fourth-order valence-electron chi connectivity index (χ4n) is 1.30. The average Bonchev–Trinajstić information content (AvgIpc) is 2.07. The van der Waals surface area contributed by atoms with Crippen LogP contribution >= 0.6 is 0 Å². The Kier molecular flexibility index (Phi) is 3.32. The first-order valence-electron chi connectivity index (χ1n) is 3.89. The van der Waals surface area contributed by atoms with Crippen molar-refractivity contribution < 1.29 is 9.90 Å². The van der Waals surface area contributed by atoms with Crippen molar-refractivity contribution >= 4 is 6.41 Å². The van der Waals surface area contributed by atoms with Crippen LogP contribution in [0.4, 0.5) is 0 Å². The number of piperidine rings is 1. The normalized spacial score (nSPS) is 21.5. The molecule has 63 valence electrons. The lowest BCUT2D eigenvalue weighted by Gasteiger charge is -2.29. The van der Waals surface area contributed by atoms with Crippen LogP contribution < -0.4 is 5.43 Å². The maximum Gasteiger partial charge on any atom is 0.221 e. The van der Waals surface area contributed by atoms with Crippen LogP contribution in [0.3, 0.4) is 0 Å². The van der Waals surface area contributed by atoms with Crippen LogP contribution in [0.2, 0.25) is 0 Å². The summed E-state index contributed by atoms with van der Waals surface area (Å²) in [6.45, 7) is 1.65. The third kappa shape index (κ3) is 2.48. The average molecular weight is 157 g/mol. The van der Waals surface area contributed by atoms with E-state index in [1.165, 1.54) is 0 Å². The molecule has 11 heavy (non-hydrogen) atoms. The minimum Gasteiger partial charge on any atom is -0.292 e. The molecule has 1 saturated heterocycles. The first-order valence-corrected chi connectivity index (χ1v) is 3.89. The molecule has 1 heterocycles. The number of hydrogen-bond donors (Lipinski definition) is 1. The van der Waals surface area contributed by atoms with Gasteiger partial charge in [0, 0.05) is 13.1 Å². The zero-order valence-corrected chi connectivity index (χ0v) is 6.45. The summed E-state index contributed by atoms with van der Waals surface area (Å²) in [7, 11) is 0. The van der Waals surface area contributed by atoms with Crippen LogP contribution in [0.5, 0.6) is 0 Å². The van der Waals surface area contributed by atoms with Gasteiger partial charge in [-0.1, -0.05) is 0 Å². The lowest BCUT2D eigenvalue weighted by atomic mass is 9.99. The van der Waals surface area contributed by atoms with Gasteiger partial charge in [-0.2, -0.15) is 0 Å². The summed E-state index contributed by atoms with van der Waals surface area (Å²) in [5.74, 6) is 0.319. The van der Waals surface area contributed by atoms with Gasteiger partial charge in [-0.3, -0.25) is 10.2 Å². The zero-order valence-electron chi connectivity index (χ0n) is 6.45. The number of nitrogens with zero attached hydrogens (tertiary/aromatic N) is 1. The van der Waals surface area contributed by atoms with Crippen molar-refractivity contribution in [3.8, 4) is 0 Å². The molecule has 4 heteroatoms. The minimum atomic E-state index is 0.0227. The molecule has 0 aromatic carbocycles. The lowest BCUT2D eigenvalue weighted by molar-refractivity contribution is -0.114. The molecule has 1 amide bonds. The summed E-state index contributed by atoms with van der Waals surface area (Å²) >= 11 is 0. The van der Waals surface area contributed by atoms with E-state index in [0.29, 0.717) is 12.3 Å². The van der Waals surface area contributed by atoms with Crippen LogP contribution in [0, 0.1) is 5.92 Å². The smallest absolute Gasteiger partial charge is 0.221 e. The van der Waals surface area contributed by atoms with Crippen LogP contribution in [-0.2, 0) is 9.90 Å². The molecule has 1 aliphatic heterocycles. The third-order valence-electron chi connectivity index (χ3n) is 2.09. The maximum absolute atomic E-state index is 10.4. The van der Waals surface area contributed by atoms with Gasteiger partial charge in [0.05, 0.1) is 6.61 Å². The van der Waals surface area contributed by atoms with Crippen molar-refractivity contribution in [3.63, 3.8) is 0 Å². The van der Waals surface area contributed by atoms with Gasteiger partial charge in [0.1, 0.15) is 0 Å². The topological polar surface area (TPSA) is 52.2 Å². The van der Waals surface area contributed by atoms with E-state index in [2.05, 4.69) is 5.43 Å². The molecule has 0 aliphatic carbocycles. The van der Waals surface area contributed by atoms with E-state index in [1.807, 2.05) is 5.01 Å². The van der Waals surface area contributed by atoms with Crippen LogP contribution in [0.15, 0.2) is 0 Å². The van der Waals surface area contributed by atoms with Gasteiger partial charge in [0.25, 0.3) is 0 Å². The Morgan fingerprint density at radius 2 is 2.09 bits per heavy atom. The number of amides is 1. The van der Waals surface area contributed by atoms with Gasteiger partial charge >= 0.3 is 0 Å². The summed E-state index contributed by atoms with van der Waals surface area (Å²) in [5, 5.41) is 12.3. The Labute approximate surface area is 66.2 Å². The van der Waals surface area contributed by atoms with E-state index < -0.39 is 0 Å². The van der Waals surface area contributed by atoms with Crippen molar-refractivity contribution in [2.75, 3.05) is 19.7 Å². The molecule has 1 fully saturated rings. The van der Waals surface area contributed by atoms with Gasteiger partial charge in [-0.25, -0.2) is 10.1 Å². The number of rotatable bonds is 3. The highest BCUT2D eigenvalue weighted by Crippen LogP contribution is 2.14. The SMILES string of the molecule is [O]CC1CCN(NC=O)CC1. The molecular weight excluding hydrogens is 144 g/mol. The van der Waals surface area contributed by atoms with Crippen LogP contribution in [-0.4, -0.2) is 31.1 Å². The summed E-state index contributed by atoms with van der Waals surface area (Å²) < 4.78 is 0. The van der Waals surface area contributed by atoms with Crippen molar-refractivity contribution in [2.24, 2.45) is 5.92 Å². The van der Waals surface area contributed by atoms with Crippen molar-refractivity contribution in [2.45, 2.75) is 12.8 Å². The number of hydrogen-bond acceptors (Lipinski definition) is 2. The molecule has 1 aliphatic rings. The van der Waals surface area contributed by atoms with E-state index >= 15 is 0 Å². The van der Waals surface area contributed by atoms with Gasteiger partial charge in [0.2, 0.25) is 6.41 Å². The van der Waals surface area contributed by atoms with Gasteiger partial charge in [-0.05, 0) is 18.8 Å². The molecule has 1 radical (unpaired) electrons. The van der Waals surface area contributed by atoms with Crippen molar-refractivity contribution in [1.29, 1.82) is 0 Å². The lowest BCUT2D eigenvalue weighted by Crippen LogP contribution is -2.43. The zero-order chi connectivity index (χ0) is 8.10. The molecule has 0 bridgehead atoms. The summed E-state index contributed by atoms with van der Waals surface area (Å²) in [6, 6.07) is 0. The minimum absolute atomic E-state index is 0.0227. The molecule has 0 atom stereocenters. The predicted octanol–water partition coefficient (Wildman–Crippen LogP) is -0.210. The van der Waals surface area contributed by atoms with Crippen LogP contribution in [0.1, 0.15) is 12.8 Å². The highest BCUT2D eigenvalue weighted by Gasteiger charge is 2.17. The van der Waals surface area contributed by atoms with Crippen LogP contribution in [0.25, 0.3) is 0 Å². The summed E-state index contributed by atoms with van der Waals surface area (Å²) in [4.78, 5) is 10.0. The van der Waals surface area contributed by atoms with Gasteiger partial charge < -0.3 is 0 Å². The van der Waals surface area contributed by atoms with E-state index in [0.717, 1.165) is 25.9 Å². The Morgan fingerprint density at radius 3 is 2.55 bits per heavy atom. The second kappa shape index (κ2) is 4.31. The van der Waals surface area contributed by atoms with E-state index in [1.54, 1.807) is 0 Å². The Hall–Kier alpha value is -0.610. The van der Waals surface area contributed by atoms with Crippen molar-refractivity contribution in [3.05, 3.63) is 0 Å². The molecule has 1 rings (SSSR count). The van der Waals surface area contributed by atoms with E-state index in [9.17, 15) is 9.90 Å². The predicted molar refractivity (Wildman–Crippen MR) is 39.1 cm³/mol. The van der Waals surface area contributed by atoms with Gasteiger partial charge in [0.15, 0.2) is 0 Å². The maximum atomic E-state index is 10.4. The Morgan fingerprint density at radius 1 is 1.45 bits per heavy atom. The molecule has 4 nitrogen and oxygen atoms in total. The molecular formula is C7H13N2O2. The fourth-order valence-corrected chi connectivity index (χ4v) is 1.30. The molecule has 0 unspecified atom stereocenters. The van der Waals surface area contributed by atoms with Gasteiger partial charge in [-0.15, -0.1) is 0 Å². The quantitative estimate of drug-likeness (QED) is 0.576. The molecule has 0 spiro atoms. The monoisotopic (exact) mass is 157 g/mol. The largest absolute Gasteiger partial charge is 0.292 e. The number of nitrogens with one attached hydrogen (secondary N) is 1. The summed E-state index contributed by atoms with van der Waals surface area (Å²) in [5.41, 5.74) is 2.58.